The van der Waals surface area contributed by atoms with Crippen LogP contribution >= 0.6 is 0 Å². The van der Waals surface area contributed by atoms with Crippen LogP contribution in [-0.2, 0) is 14.4 Å². The van der Waals surface area contributed by atoms with Gasteiger partial charge in [0.15, 0.2) is 11.5 Å². The van der Waals surface area contributed by atoms with E-state index >= 15 is 0 Å². The first-order valence-electron chi connectivity index (χ1n) is 13.4. The Morgan fingerprint density at radius 2 is 1.77 bits per heavy atom. The number of nitrogens with two attached hydrogens (primary N) is 1. The molecule has 1 aromatic carbocycles. The Hall–Kier alpha value is -4.00. The molecule has 0 spiro atoms. The largest absolute Gasteiger partial charge is 0.454 e. The summed E-state index contributed by atoms with van der Waals surface area (Å²) in [6.07, 6.45) is 4.73. The van der Waals surface area contributed by atoms with Crippen LogP contribution < -0.4 is 15.2 Å². The van der Waals surface area contributed by atoms with Crippen LogP contribution in [0.15, 0.2) is 27.8 Å². The fourth-order valence-corrected chi connectivity index (χ4v) is 5.77. The van der Waals surface area contributed by atoms with Gasteiger partial charge in [-0.1, -0.05) is 11.6 Å². The van der Waals surface area contributed by atoms with Crippen molar-refractivity contribution in [2.24, 2.45) is 10.8 Å². The molecule has 206 valence electrons. The summed E-state index contributed by atoms with van der Waals surface area (Å²) in [6.45, 7) is 2.47. The van der Waals surface area contributed by atoms with E-state index in [1.807, 2.05) is 0 Å². The topological polar surface area (TPSA) is 157 Å². The van der Waals surface area contributed by atoms with E-state index in [9.17, 15) is 14.4 Å². The van der Waals surface area contributed by atoms with Crippen LogP contribution in [0.2, 0.25) is 0 Å². The first-order chi connectivity index (χ1) is 18.9. The highest BCUT2D eigenvalue weighted by atomic mass is 16.7. The van der Waals surface area contributed by atoms with Crippen LogP contribution in [0.1, 0.15) is 50.8 Å². The van der Waals surface area contributed by atoms with E-state index in [0.717, 1.165) is 32.4 Å². The van der Waals surface area contributed by atoms with Gasteiger partial charge in [-0.3, -0.25) is 19.3 Å². The third kappa shape index (κ3) is 4.82. The number of piperidine rings is 2. The summed E-state index contributed by atoms with van der Waals surface area (Å²) in [6, 6.07) is 5.35. The Bertz CT molecular complexity index is 1310. The van der Waals surface area contributed by atoms with Crippen molar-refractivity contribution < 1.29 is 28.4 Å². The lowest BCUT2D eigenvalue weighted by atomic mass is 9.83. The van der Waals surface area contributed by atoms with Crippen molar-refractivity contribution in [1.29, 1.82) is 0 Å². The number of ether oxygens (including phenoxy) is 2. The normalized spacial score (nSPS) is 21.1. The van der Waals surface area contributed by atoms with Crippen molar-refractivity contribution in [3.05, 3.63) is 24.1 Å². The number of amides is 3. The zero-order valence-corrected chi connectivity index (χ0v) is 21.6. The summed E-state index contributed by atoms with van der Waals surface area (Å²) in [5.74, 6) is 1.00. The van der Waals surface area contributed by atoms with E-state index in [1.165, 1.54) is 5.01 Å². The molecule has 5 heterocycles. The van der Waals surface area contributed by atoms with Crippen LogP contribution in [0.5, 0.6) is 11.5 Å². The van der Waals surface area contributed by atoms with Gasteiger partial charge in [0, 0.05) is 31.5 Å². The molecule has 0 aliphatic carbocycles. The predicted octanol–water partition coefficient (Wildman–Crippen LogP) is 1.12. The summed E-state index contributed by atoms with van der Waals surface area (Å²) >= 11 is 0. The molecule has 39 heavy (non-hydrogen) atoms. The molecule has 13 nitrogen and oxygen atoms in total. The first kappa shape index (κ1) is 25.3. The van der Waals surface area contributed by atoms with Gasteiger partial charge in [0.25, 0.3) is 5.89 Å². The third-order valence-corrected chi connectivity index (χ3v) is 8.06. The van der Waals surface area contributed by atoms with Crippen LogP contribution in [0.25, 0.3) is 11.4 Å². The standard InChI is InChI=1S/C26H31N7O6/c27-25(36)26(32-10-2-1-3-11-32)8-12-31(13-9-26)22(35)15-33-21(34)7-5-18(29-33)24-28-23(30-39-24)17-4-6-19-20(14-17)38-16-37-19/h4,6,14H,1-3,5,7-13,15-16H2,(H2,27,36). The monoisotopic (exact) mass is 537 g/mol. The van der Waals surface area contributed by atoms with Crippen LogP contribution in [0.3, 0.4) is 0 Å². The summed E-state index contributed by atoms with van der Waals surface area (Å²) in [5, 5.41) is 9.61. The van der Waals surface area contributed by atoms with E-state index in [4.69, 9.17) is 19.7 Å². The number of benzene rings is 1. The molecule has 6 rings (SSSR count). The van der Waals surface area contributed by atoms with Crippen molar-refractivity contribution in [1.82, 2.24) is 24.9 Å². The Kier molecular flexibility index (Phi) is 6.67. The summed E-state index contributed by atoms with van der Waals surface area (Å²) in [4.78, 5) is 46.6. The van der Waals surface area contributed by atoms with Crippen molar-refractivity contribution in [3.63, 3.8) is 0 Å². The number of primary amides is 1. The van der Waals surface area contributed by atoms with Crippen molar-refractivity contribution in [3.8, 4) is 22.9 Å². The SMILES string of the molecule is NC(=O)C1(N2CCCCC2)CCN(C(=O)CN2N=C(c3nc(-c4ccc5c(c4)OCO5)no3)CCC2=O)CC1. The summed E-state index contributed by atoms with van der Waals surface area (Å²) in [5.41, 5.74) is 6.29. The highest BCUT2D eigenvalue weighted by Crippen LogP contribution is 2.35. The molecule has 2 aromatic rings. The minimum absolute atomic E-state index is 0.164. The number of fused-ring (bicyclic) bond motifs is 1. The molecule has 13 heteroatoms. The number of carbonyl (C=O) groups excluding carboxylic acids is 3. The van der Waals surface area contributed by atoms with E-state index in [-0.39, 0.29) is 43.4 Å². The first-order valence-corrected chi connectivity index (χ1v) is 13.4. The number of nitrogens with zero attached hydrogens (tertiary/aromatic N) is 6. The highest BCUT2D eigenvalue weighted by Gasteiger charge is 2.46. The molecular weight excluding hydrogens is 506 g/mol. The average molecular weight is 538 g/mol. The molecule has 0 bridgehead atoms. The highest BCUT2D eigenvalue weighted by molar-refractivity contribution is 6.01. The molecule has 4 aliphatic rings. The molecule has 0 radical (unpaired) electrons. The Labute approximate surface area is 224 Å². The number of rotatable bonds is 6. The summed E-state index contributed by atoms with van der Waals surface area (Å²) < 4.78 is 16.2. The van der Waals surface area contributed by atoms with Gasteiger partial charge < -0.3 is 24.6 Å². The Balaban J connectivity index is 1.11. The fourth-order valence-electron chi connectivity index (χ4n) is 5.77. The molecule has 3 amide bonds. The van der Waals surface area contributed by atoms with Gasteiger partial charge in [0.1, 0.15) is 17.8 Å². The van der Waals surface area contributed by atoms with Gasteiger partial charge in [0.2, 0.25) is 30.3 Å². The zero-order valence-electron chi connectivity index (χ0n) is 21.6. The molecule has 2 N–H and O–H groups in total. The maximum absolute atomic E-state index is 13.2. The molecule has 0 unspecified atom stereocenters. The number of hydrogen-bond donors (Lipinski definition) is 1. The van der Waals surface area contributed by atoms with Gasteiger partial charge in [-0.05, 0) is 57.0 Å². The third-order valence-electron chi connectivity index (χ3n) is 8.06. The molecule has 2 fully saturated rings. The lowest BCUT2D eigenvalue weighted by molar-refractivity contribution is -0.145. The van der Waals surface area contributed by atoms with E-state index in [0.29, 0.717) is 61.0 Å². The zero-order chi connectivity index (χ0) is 27.0. The van der Waals surface area contributed by atoms with Crippen LogP contribution in [0.4, 0.5) is 0 Å². The fraction of sp³-hybridized carbons (Fsp3) is 0.538. The van der Waals surface area contributed by atoms with Gasteiger partial charge in [-0.15, -0.1) is 0 Å². The van der Waals surface area contributed by atoms with Crippen LogP contribution in [-0.4, -0.2) is 93.4 Å². The van der Waals surface area contributed by atoms with Gasteiger partial charge in [-0.2, -0.15) is 10.1 Å². The van der Waals surface area contributed by atoms with E-state index < -0.39 is 5.54 Å². The van der Waals surface area contributed by atoms with Gasteiger partial charge >= 0.3 is 0 Å². The summed E-state index contributed by atoms with van der Waals surface area (Å²) in [7, 11) is 0. The van der Waals surface area contributed by atoms with Crippen molar-refractivity contribution >= 4 is 23.4 Å². The van der Waals surface area contributed by atoms with E-state index in [1.54, 1.807) is 23.1 Å². The number of carbonyl (C=O) groups is 3. The lowest BCUT2D eigenvalue weighted by Gasteiger charge is -2.48. The Morgan fingerprint density at radius 1 is 1.00 bits per heavy atom. The number of likely N-dealkylation sites (tertiary alicyclic amines) is 2. The lowest BCUT2D eigenvalue weighted by Crippen LogP contribution is -2.64. The number of aromatic nitrogens is 2. The quantitative estimate of drug-likeness (QED) is 0.570. The average Bonchev–Trinajstić information content (AvgIpc) is 3.64. The van der Waals surface area contributed by atoms with Gasteiger partial charge in [-0.25, -0.2) is 5.01 Å². The second-order valence-corrected chi connectivity index (χ2v) is 10.3. The van der Waals surface area contributed by atoms with Crippen LogP contribution in [0, 0.1) is 0 Å². The molecule has 1 aromatic heterocycles. The van der Waals surface area contributed by atoms with Crippen molar-refractivity contribution in [2.45, 2.75) is 50.5 Å². The van der Waals surface area contributed by atoms with E-state index in [2.05, 4.69) is 20.1 Å². The minimum Gasteiger partial charge on any atom is -0.454 e. The van der Waals surface area contributed by atoms with Crippen molar-refractivity contribution in [2.75, 3.05) is 39.5 Å². The maximum atomic E-state index is 13.2. The molecule has 4 aliphatic heterocycles. The molecule has 0 saturated carbocycles. The second kappa shape index (κ2) is 10.3. The smallest absolute Gasteiger partial charge is 0.274 e. The Morgan fingerprint density at radius 3 is 2.54 bits per heavy atom. The molecular formula is C26H31N7O6. The van der Waals surface area contributed by atoms with Gasteiger partial charge in [0.05, 0.1) is 0 Å². The second-order valence-electron chi connectivity index (χ2n) is 10.3. The molecule has 2 saturated heterocycles. The predicted molar refractivity (Wildman–Crippen MR) is 137 cm³/mol. The number of hydrogen-bond acceptors (Lipinski definition) is 10. The molecule has 0 atom stereocenters. The number of hydrazone groups is 1. The minimum atomic E-state index is -0.711. The maximum Gasteiger partial charge on any atom is 0.274 e.